The Labute approximate surface area is 170 Å². The average molecular weight is 381 g/mol. The van der Waals surface area contributed by atoms with Crippen molar-refractivity contribution < 1.29 is 4.74 Å². The van der Waals surface area contributed by atoms with Crippen LogP contribution in [-0.2, 0) is 6.42 Å². The summed E-state index contributed by atoms with van der Waals surface area (Å²) in [4.78, 5) is 2.32. The minimum atomic E-state index is 0.601. The van der Waals surface area contributed by atoms with E-state index in [1.807, 2.05) is 0 Å². The van der Waals surface area contributed by atoms with Crippen LogP contribution in [0.2, 0.25) is 0 Å². The molecule has 0 fully saturated rings. The molecule has 3 heteroatoms. The second kappa shape index (κ2) is 9.36. The Kier molecular flexibility index (Phi) is 6.88. The van der Waals surface area contributed by atoms with Crippen LogP contribution in [-0.4, -0.2) is 6.61 Å². The van der Waals surface area contributed by atoms with Crippen molar-refractivity contribution in [1.82, 2.24) is 0 Å². The van der Waals surface area contributed by atoms with Crippen LogP contribution in [0.5, 0.6) is 5.75 Å². The first-order valence-electron chi connectivity index (χ1n) is 11.0. The molecule has 0 radical (unpaired) electrons. The van der Waals surface area contributed by atoms with Crippen LogP contribution in [0.4, 0.5) is 22.7 Å². The molecule has 0 aliphatic carbocycles. The summed E-state index contributed by atoms with van der Waals surface area (Å²) >= 11 is 0. The lowest BCUT2D eigenvalue weighted by Crippen LogP contribution is -2.12. The molecule has 152 valence electrons. The molecule has 1 aliphatic heterocycles. The number of nitrogens with two attached hydrogens (primary N) is 1. The van der Waals surface area contributed by atoms with E-state index in [2.05, 4.69) is 62.9 Å². The van der Waals surface area contributed by atoms with Crippen molar-refractivity contribution in [2.75, 3.05) is 17.2 Å². The molecule has 0 spiro atoms. The molecule has 0 saturated heterocycles. The molecule has 2 N–H and O–H groups in total. The number of benzene rings is 2. The van der Waals surface area contributed by atoms with Crippen molar-refractivity contribution in [3.8, 4) is 5.75 Å². The fourth-order valence-corrected chi connectivity index (χ4v) is 3.87. The lowest BCUT2D eigenvalue weighted by atomic mass is 10.0. The zero-order chi connectivity index (χ0) is 20.1. The average Bonchev–Trinajstić information content (AvgIpc) is 3.41. The normalized spacial score (nSPS) is 13.4. The van der Waals surface area contributed by atoms with E-state index in [0.29, 0.717) is 5.92 Å². The summed E-state index contributed by atoms with van der Waals surface area (Å²) in [6.07, 6.45) is 8.51. The third-order valence-corrected chi connectivity index (χ3v) is 5.88. The fraction of sp³-hybridized carbons (Fsp3) is 0.520. The molecule has 28 heavy (non-hydrogen) atoms. The summed E-state index contributed by atoms with van der Waals surface area (Å²) < 4.78 is 6.18. The van der Waals surface area contributed by atoms with Gasteiger partial charge in [-0.15, -0.1) is 0 Å². The van der Waals surface area contributed by atoms with Gasteiger partial charge in [0.2, 0.25) is 0 Å². The predicted octanol–water partition coefficient (Wildman–Crippen LogP) is 7.30. The van der Waals surface area contributed by atoms with Crippen LogP contribution in [0.15, 0.2) is 30.3 Å². The summed E-state index contributed by atoms with van der Waals surface area (Å²) in [6.45, 7) is 9.61. The molecule has 2 aromatic rings. The minimum absolute atomic E-state index is 0.601. The lowest BCUT2D eigenvalue weighted by Gasteiger charge is -2.18. The van der Waals surface area contributed by atoms with Crippen molar-refractivity contribution in [3.63, 3.8) is 0 Å². The van der Waals surface area contributed by atoms with Crippen LogP contribution >= 0.6 is 0 Å². The number of nitrogens with zero attached hydrogens (tertiary/aromatic N) is 1. The molecule has 0 saturated carbocycles. The first-order valence-corrected chi connectivity index (χ1v) is 11.0. The summed E-state index contributed by atoms with van der Waals surface area (Å²) in [5, 5.41) is 0. The van der Waals surface area contributed by atoms with Crippen molar-refractivity contribution in [1.29, 1.82) is 0 Å². The number of unbranched alkanes of at least 4 members (excludes halogenated alkanes) is 2. The SMILES string of the molecule is CCCCc1ccc2c(c1)N2c1cc(OCC(CC)CCCC)c(N)cc1C. The lowest BCUT2D eigenvalue weighted by molar-refractivity contribution is 0.234. The molecule has 1 unspecified atom stereocenters. The number of hydrogen-bond donors (Lipinski definition) is 1. The van der Waals surface area contributed by atoms with Gasteiger partial charge in [0.15, 0.2) is 0 Å². The summed E-state index contributed by atoms with van der Waals surface area (Å²) in [5.41, 5.74) is 13.4. The number of ether oxygens (including phenoxy) is 1. The highest BCUT2D eigenvalue weighted by molar-refractivity contribution is 6.02. The summed E-state index contributed by atoms with van der Waals surface area (Å²) in [7, 11) is 0. The van der Waals surface area contributed by atoms with Crippen LogP contribution in [0.3, 0.4) is 0 Å². The first-order chi connectivity index (χ1) is 13.6. The van der Waals surface area contributed by atoms with Gasteiger partial charge in [0.05, 0.1) is 29.4 Å². The molecule has 2 aromatic carbocycles. The van der Waals surface area contributed by atoms with Gasteiger partial charge in [0, 0.05) is 6.07 Å². The molecule has 0 bridgehead atoms. The van der Waals surface area contributed by atoms with Crippen LogP contribution < -0.4 is 15.4 Å². The highest BCUT2D eigenvalue weighted by Crippen LogP contribution is 2.55. The van der Waals surface area contributed by atoms with Gasteiger partial charge in [0.25, 0.3) is 0 Å². The van der Waals surface area contributed by atoms with E-state index in [1.54, 1.807) is 0 Å². The summed E-state index contributed by atoms with van der Waals surface area (Å²) in [5.74, 6) is 1.42. The zero-order valence-electron chi connectivity index (χ0n) is 18.1. The van der Waals surface area contributed by atoms with Crippen molar-refractivity contribution in [2.45, 2.75) is 72.6 Å². The van der Waals surface area contributed by atoms with E-state index < -0.39 is 0 Å². The quantitative estimate of drug-likeness (QED) is 0.280. The second-order valence-corrected chi connectivity index (χ2v) is 8.17. The molecule has 0 aromatic heterocycles. The molecule has 1 heterocycles. The van der Waals surface area contributed by atoms with E-state index in [-0.39, 0.29) is 0 Å². The maximum Gasteiger partial charge on any atom is 0.144 e. The van der Waals surface area contributed by atoms with Gasteiger partial charge >= 0.3 is 0 Å². The van der Waals surface area contributed by atoms with Gasteiger partial charge in [-0.2, -0.15) is 0 Å². The summed E-state index contributed by atoms with van der Waals surface area (Å²) in [6, 6.07) is 11.0. The number of nitrogen functional groups attached to an aromatic ring is 1. The number of anilines is 4. The van der Waals surface area contributed by atoms with Gasteiger partial charge in [-0.1, -0.05) is 52.5 Å². The van der Waals surface area contributed by atoms with Gasteiger partial charge in [-0.3, -0.25) is 0 Å². The number of rotatable bonds is 11. The van der Waals surface area contributed by atoms with E-state index in [1.165, 1.54) is 60.3 Å². The van der Waals surface area contributed by atoms with E-state index >= 15 is 0 Å². The third kappa shape index (κ3) is 4.63. The Morgan fingerprint density at radius 1 is 0.964 bits per heavy atom. The Morgan fingerprint density at radius 2 is 1.75 bits per heavy atom. The molecular formula is C25H36N2O. The second-order valence-electron chi connectivity index (χ2n) is 8.17. The first kappa shape index (κ1) is 20.6. The maximum atomic E-state index is 6.28. The Bertz CT molecular complexity index is 799. The van der Waals surface area contributed by atoms with Crippen molar-refractivity contribution in [3.05, 3.63) is 41.5 Å². The zero-order valence-corrected chi connectivity index (χ0v) is 18.1. The Hall–Kier alpha value is -2.16. The van der Waals surface area contributed by atoms with Crippen molar-refractivity contribution >= 4 is 22.7 Å². The number of aryl methyl sites for hydroxylation is 2. The standard InChI is InChI=1S/C25H36N2O/c1-5-8-10-19(7-3)17-28-25-16-23(18(4)14-21(25)26)27-22-13-12-20(11-9-6-2)15-24(22)27/h12-16,19H,5-11,17,26H2,1-4H3. The van der Waals surface area contributed by atoms with Crippen LogP contribution in [0.1, 0.15) is 70.4 Å². The Balaban J connectivity index is 1.73. The van der Waals surface area contributed by atoms with Gasteiger partial charge < -0.3 is 15.4 Å². The van der Waals surface area contributed by atoms with Crippen LogP contribution in [0.25, 0.3) is 0 Å². The molecule has 3 nitrogen and oxygen atoms in total. The van der Waals surface area contributed by atoms with E-state index in [0.717, 1.165) is 30.9 Å². The maximum absolute atomic E-state index is 6.28. The minimum Gasteiger partial charge on any atom is -0.491 e. The fourth-order valence-electron chi connectivity index (χ4n) is 3.87. The Morgan fingerprint density at radius 3 is 2.46 bits per heavy atom. The smallest absolute Gasteiger partial charge is 0.144 e. The van der Waals surface area contributed by atoms with Gasteiger partial charge in [-0.05, 0) is 61.4 Å². The van der Waals surface area contributed by atoms with Crippen molar-refractivity contribution in [2.24, 2.45) is 5.92 Å². The molecule has 3 rings (SSSR count). The highest BCUT2D eigenvalue weighted by atomic mass is 16.5. The van der Waals surface area contributed by atoms with Crippen LogP contribution in [0, 0.1) is 12.8 Å². The molecule has 1 atom stereocenters. The van der Waals surface area contributed by atoms with E-state index in [4.69, 9.17) is 10.5 Å². The topological polar surface area (TPSA) is 38.3 Å². The third-order valence-electron chi connectivity index (χ3n) is 5.88. The predicted molar refractivity (Wildman–Crippen MR) is 121 cm³/mol. The van der Waals surface area contributed by atoms with Gasteiger partial charge in [0.1, 0.15) is 5.75 Å². The van der Waals surface area contributed by atoms with E-state index in [9.17, 15) is 0 Å². The molecule has 1 aliphatic rings. The van der Waals surface area contributed by atoms with Gasteiger partial charge in [-0.25, -0.2) is 0 Å². The highest BCUT2D eigenvalue weighted by Gasteiger charge is 2.32. The monoisotopic (exact) mass is 380 g/mol. The molecule has 0 amide bonds. The largest absolute Gasteiger partial charge is 0.491 e. The number of hydrogen-bond acceptors (Lipinski definition) is 3. The molecular weight excluding hydrogens is 344 g/mol. The number of fused-ring (bicyclic) bond motifs is 1.